The molecule has 1 aliphatic rings. The largest absolute Gasteiger partial charge is 0.429 e. The molecule has 4 heteroatoms. The van der Waals surface area contributed by atoms with Crippen molar-refractivity contribution in [3.63, 3.8) is 0 Å². The summed E-state index contributed by atoms with van der Waals surface area (Å²) in [6.07, 6.45) is 1.35. The highest BCUT2D eigenvalue weighted by Gasteiger charge is 2.38. The number of benzene rings is 2. The summed E-state index contributed by atoms with van der Waals surface area (Å²) in [6.45, 7) is 2.59. The summed E-state index contributed by atoms with van der Waals surface area (Å²) in [5, 5.41) is 0. The van der Waals surface area contributed by atoms with Crippen LogP contribution in [-0.2, 0) is 16.0 Å². The van der Waals surface area contributed by atoms with Crippen molar-refractivity contribution in [2.24, 2.45) is 0 Å². The second-order valence-electron chi connectivity index (χ2n) is 6.13. The van der Waals surface area contributed by atoms with E-state index in [1.807, 2.05) is 24.3 Å². The number of ether oxygens (including phenoxy) is 2. The molecule has 1 aliphatic heterocycles. The Labute approximate surface area is 143 Å². The Bertz CT molecular complexity index is 649. The molecule has 0 amide bonds. The maximum Gasteiger partial charge on any atom is 0.340 e. The molecule has 0 aliphatic carbocycles. The van der Waals surface area contributed by atoms with Crippen molar-refractivity contribution >= 4 is 5.97 Å². The molecule has 0 atom stereocenters. The molecule has 0 saturated carbocycles. The highest BCUT2D eigenvalue weighted by atomic mass is 16.7. The first-order valence-electron chi connectivity index (χ1n) is 8.31. The van der Waals surface area contributed by atoms with E-state index in [2.05, 4.69) is 29.2 Å². The monoisotopic (exact) mass is 325 g/mol. The highest BCUT2D eigenvalue weighted by Crippen LogP contribution is 2.29. The van der Waals surface area contributed by atoms with Gasteiger partial charge < -0.3 is 9.47 Å². The summed E-state index contributed by atoms with van der Waals surface area (Å²) < 4.78 is 11.3. The number of methoxy groups -OCH3 is 1. The average molecular weight is 325 g/mol. The lowest BCUT2D eigenvalue weighted by atomic mass is 10.0. The third-order valence-electron chi connectivity index (χ3n) is 4.53. The van der Waals surface area contributed by atoms with Crippen LogP contribution in [0.1, 0.15) is 28.8 Å². The van der Waals surface area contributed by atoms with Crippen molar-refractivity contribution in [1.29, 1.82) is 0 Å². The molecule has 2 aromatic carbocycles. The first-order valence-corrected chi connectivity index (χ1v) is 8.31. The fourth-order valence-electron chi connectivity index (χ4n) is 3.04. The summed E-state index contributed by atoms with van der Waals surface area (Å²) in [5.74, 6) is -1.14. The molecule has 0 unspecified atom stereocenters. The third-order valence-corrected chi connectivity index (χ3v) is 4.53. The van der Waals surface area contributed by atoms with Crippen LogP contribution >= 0.6 is 0 Å². The quantitative estimate of drug-likeness (QED) is 0.623. The normalized spacial score (nSPS) is 17.4. The van der Waals surface area contributed by atoms with Gasteiger partial charge in [-0.3, -0.25) is 4.90 Å². The molecule has 1 fully saturated rings. The van der Waals surface area contributed by atoms with Gasteiger partial charge in [0.05, 0.1) is 5.56 Å². The molecular formula is C20H23NO3. The van der Waals surface area contributed by atoms with Gasteiger partial charge in [-0.15, -0.1) is 0 Å². The second-order valence-corrected chi connectivity index (χ2v) is 6.13. The molecule has 1 heterocycles. The first kappa shape index (κ1) is 16.7. The van der Waals surface area contributed by atoms with E-state index in [9.17, 15) is 4.79 Å². The van der Waals surface area contributed by atoms with Crippen LogP contribution in [0, 0.1) is 0 Å². The molecule has 4 nitrogen and oxygen atoms in total. The standard InChI is InChI=1S/C20H23NO3/c1-23-20(24-19(22)18-10-6-3-7-11-18)12-14-21(15-13-20)16-17-8-4-2-5-9-17/h2-11H,12-16H2,1H3. The Balaban J connectivity index is 1.59. The van der Waals surface area contributed by atoms with Crippen molar-refractivity contribution in [3.8, 4) is 0 Å². The number of carbonyl (C=O) groups is 1. The summed E-state index contributed by atoms with van der Waals surface area (Å²) in [5.41, 5.74) is 1.85. The predicted octanol–water partition coefficient (Wildman–Crippen LogP) is 3.48. The number of rotatable bonds is 5. The SMILES string of the molecule is COC1(OC(=O)c2ccccc2)CCN(Cc2ccccc2)CC1. The molecule has 126 valence electrons. The van der Waals surface area contributed by atoms with Gasteiger partial charge in [0, 0.05) is 39.6 Å². The molecule has 2 aromatic rings. The molecule has 0 bridgehead atoms. The lowest BCUT2D eigenvalue weighted by molar-refractivity contribution is -0.211. The van der Waals surface area contributed by atoms with Crippen molar-refractivity contribution < 1.29 is 14.3 Å². The number of carbonyl (C=O) groups excluding carboxylic acids is 1. The Kier molecular flexibility index (Phi) is 5.28. The summed E-state index contributed by atoms with van der Waals surface area (Å²) >= 11 is 0. The third kappa shape index (κ3) is 4.02. The van der Waals surface area contributed by atoms with Gasteiger partial charge in [0.1, 0.15) is 0 Å². The lowest BCUT2D eigenvalue weighted by Gasteiger charge is -2.39. The zero-order chi connectivity index (χ0) is 16.8. The van der Waals surface area contributed by atoms with E-state index in [-0.39, 0.29) is 5.97 Å². The number of hydrogen-bond donors (Lipinski definition) is 0. The van der Waals surface area contributed by atoms with E-state index in [0.29, 0.717) is 18.4 Å². The zero-order valence-corrected chi connectivity index (χ0v) is 14.0. The number of hydrogen-bond acceptors (Lipinski definition) is 4. The van der Waals surface area contributed by atoms with E-state index in [0.717, 1.165) is 19.6 Å². The smallest absolute Gasteiger partial charge is 0.340 e. The Morgan fingerprint density at radius 2 is 1.58 bits per heavy atom. The van der Waals surface area contributed by atoms with Crippen LogP contribution in [-0.4, -0.2) is 36.9 Å². The van der Waals surface area contributed by atoms with Gasteiger partial charge >= 0.3 is 5.97 Å². The van der Waals surface area contributed by atoms with Gasteiger partial charge in [-0.25, -0.2) is 4.79 Å². The number of likely N-dealkylation sites (tertiary alicyclic amines) is 1. The second kappa shape index (κ2) is 7.60. The predicted molar refractivity (Wildman–Crippen MR) is 92.6 cm³/mol. The number of nitrogens with zero attached hydrogens (tertiary/aromatic N) is 1. The van der Waals surface area contributed by atoms with Gasteiger partial charge in [0.15, 0.2) is 0 Å². The molecule has 24 heavy (non-hydrogen) atoms. The van der Waals surface area contributed by atoms with E-state index >= 15 is 0 Å². The van der Waals surface area contributed by atoms with E-state index in [4.69, 9.17) is 9.47 Å². The maximum atomic E-state index is 12.3. The van der Waals surface area contributed by atoms with Crippen LogP contribution in [0.15, 0.2) is 60.7 Å². The maximum absolute atomic E-state index is 12.3. The Morgan fingerprint density at radius 1 is 1.00 bits per heavy atom. The highest BCUT2D eigenvalue weighted by molar-refractivity contribution is 5.89. The number of piperidine rings is 1. The molecule has 3 rings (SSSR count). The van der Waals surface area contributed by atoms with Gasteiger partial charge in [0.25, 0.3) is 0 Å². The van der Waals surface area contributed by atoms with Crippen LogP contribution < -0.4 is 0 Å². The summed E-state index contributed by atoms with van der Waals surface area (Å²) in [6, 6.07) is 19.5. The van der Waals surface area contributed by atoms with Crippen LogP contribution in [0.3, 0.4) is 0 Å². The minimum Gasteiger partial charge on any atom is -0.429 e. The zero-order valence-electron chi connectivity index (χ0n) is 14.0. The molecular weight excluding hydrogens is 302 g/mol. The Morgan fingerprint density at radius 3 is 2.17 bits per heavy atom. The van der Waals surface area contributed by atoms with Gasteiger partial charge in [-0.1, -0.05) is 48.5 Å². The Hall–Kier alpha value is -2.17. The molecule has 0 N–H and O–H groups in total. The topological polar surface area (TPSA) is 38.8 Å². The fourth-order valence-corrected chi connectivity index (χ4v) is 3.04. The van der Waals surface area contributed by atoms with Gasteiger partial charge in [-0.2, -0.15) is 0 Å². The van der Waals surface area contributed by atoms with E-state index in [1.165, 1.54) is 5.56 Å². The van der Waals surface area contributed by atoms with Gasteiger partial charge in [-0.05, 0) is 17.7 Å². The van der Waals surface area contributed by atoms with Crippen LogP contribution in [0.5, 0.6) is 0 Å². The fraction of sp³-hybridized carbons (Fsp3) is 0.350. The van der Waals surface area contributed by atoms with Crippen LogP contribution in [0.25, 0.3) is 0 Å². The lowest BCUT2D eigenvalue weighted by Crippen LogP contribution is -2.48. The van der Waals surface area contributed by atoms with Crippen molar-refractivity contribution in [2.45, 2.75) is 25.2 Å². The van der Waals surface area contributed by atoms with Crippen molar-refractivity contribution in [3.05, 3.63) is 71.8 Å². The van der Waals surface area contributed by atoms with Gasteiger partial charge in [0.2, 0.25) is 5.79 Å². The van der Waals surface area contributed by atoms with E-state index < -0.39 is 5.79 Å². The first-order chi connectivity index (χ1) is 11.7. The van der Waals surface area contributed by atoms with Crippen LogP contribution in [0.4, 0.5) is 0 Å². The minimum atomic E-state index is -0.819. The van der Waals surface area contributed by atoms with Crippen molar-refractivity contribution in [2.75, 3.05) is 20.2 Å². The van der Waals surface area contributed by atoms with Crippen molar-refractivity contribution in [1.82, 2.24) is 4.90 Å². The number of esters is 1. The van der Waals surface area contributed by atoms with Crippen LogP contribution in [0.2, 0.25) is 0 Å². The summed E-state index contributed by atoms with van der Waals surface area (Å²) in [7, 11) is 1.62. The van der Waals surface area contributed by atoms with E-state index in [1.54, 1.807) is 19.2 Å². The molecule has 0 radical (unpaired) electrons. The summed E-state index contributed by atoms with van der Waals surface area (Å²) in [4.78, 5) is 14.7. The molecule has 1 saturated heterocycles. The average Bonchev–Trinajstić information content (AvgIpc) is 2.65. The molecule has 0 spiro atoms. The minimum absolute atomic E-state index is 0.325. The molecule has 0 aromatic heterocycles.